The van der Waals surface area contributed by atoms with Gasteiger partial charge < -0.3 is 10.1 Å². The summed E-state index contributed by atoms with van der Waals surface area (Å²) in [5, 5.41) is 14.2. The Morgan fingerprint density at radius 3 is 2.45 bits per heavy atom. The van der Waals surface area contributed by atoms with Crippen LogP contribution in [-0.4, -0.2) is 27.5 Å². The van der Waals surface area contributed by atoms with Crippen LogP contribution in [0.3, 0.4) is 0 Å². The number of fused-ring (bicyclic) bond motifs is 2. The molecule has 31 heavy (non-hydrogen) atoms. The fourth-order valence-electron chi connectivity index (χ4n) is 3.48. The Morgan fingerprint density at radius 1 is 0.871 bits per heavy atom. The number of nitrogens with one attached hydrogen (secondary N) is 1. The predicted molar refractivity (Wildman–Crippen MR) is 122 cm³/mol. The molecule has 1 N–H and O–H groups in total. The molecular weight excluding hydrogens is 388 g/mol. The number of nitrogens with zero attached hydrogens (tertiary/aromatic N) is 3. The van der Waals surface area contributed by atoms with E-state index >= 15 is 0 Å². The average molecular weight is 408 g/mol. The van der Waals surface area contributed by atoms with Gasteiger partial charge in [-0.1, -0.05) is 30.3 Å². The lowest BCUT2D eigenvalue weighted by molar-refractivity contribution is 0.102. The molecule has 0 saturated carbocycles. The molecule has 0 aliphatic rings. The van der Waals surface area contributed by atoms with E-state index in [1.54, 1.807) is 4.80 Å². The molecule has 4 aromatic carbocycles. The van der Waals surface area contributed by atoms with Crippen molar-refractivity contribution < 1.29 is 9.53 Å². The van der Waals surface area contributed by atoms with E-state index in [2.05, 4.69) is 15.5 Å². The van der Waals surface area contributed by atoms with Crippen LogP contribution in [0.2, 0.25) is 0 Å². The third-order valence-corrected chi connectivity index (χ3v) is 5.03. The van der Waals surface area contributed by atoms with Crippen LogP contribution in [0.5, 0.6) is 5.75 Å². The van der Waals surface area contributed by atoms with Crippen molar-refractivity contribution in [2.45, 2.75) is 6.92 Å². The predicted octanol–water partition coefficient (Wildman–Crippen LogP) is 5.22. The average Bonchev–Trinajstić information content (AvgIpc) is 3.23. The maximum absolute atomic E-state index is 12.7. The lowest BCUT2D eigenvalue weighted by Gasteiger charge is -2.06. The van der Waals surface area contributed by atoms with Crippen LogP contribution in [0.1, 0.15) is 17.3 Å². The summed E-state index contributed by atoms with van der Waals surface area (Å²) in [5.74, 6) is 0.644. The van der Waals surface area contributed by atoms with Crippen LogP contribution in [0, 0.1) is 0 Å². The molecule has 0 unspecified atom stereocenters. The highest BCUT2D eigenvalue weighted by Crippen LogP contribution is 2.21. The third kappa shape index (κ3) is 3.83. The first-order valence-corrected chi connectivity index (χ1v) is 10.1. The highest BCUT2D eigenvalue weighted by molar-refractivity contribution is 6.07. The van der Waals surface area contributed by atoms with Crippen LogP contribution in [0.15, 0.2) is 84.9 Å². The summed E-state index contributed by atoms with van der Waals surface area (Å²) in [6.45, 7) is 2.57. The highest BCUT2D eigenvalue weighted by Gasteiger charge is 2.10. The lowest BCUT2D eigenvalue weighted by Crippen LogP contribution is -2.11. The smallest absolute Gasteiger partial charge is 0.255 e. The number of amides is 1. The van der Waals surface area contributed by atoms with Crippen LogP contribution in [-0.2, 0) is 0 Å². The maximum atomic E-state index is 12.7. The number of ether oxygens (including phenoxy) is 1. The van der Waals surface area contributed by atoms with E-state index in [-0.39, 0.29) is 5.91 Å². The molecule has 6 nitrogen and oxygen atoms in total. The first-order chi connectivity index (χ1) is 15.2. The molecular formula is C25H20N4O2. The van der Waals surface area contributed by atoms with E-state index in [1.807, 2.05) is 91.9 Å². The summed E-state index contributed by atoms with van der Waals surface area (Å²) in [7, 11) is 0. The second-order valence-electron chi connectivity index (χ2n) is 7.14. The van der Waals surface area contributed by atoms with Gasteiger partial charge in [-0.05, 0) is 72.3 Å². The van der Waals surface area contributed by atoms with E-state index in [0.29, 0.717) is 23.4 Å². The summed E-state index contributed by atoms with van der Waals surface area (Å²) in [6.07, 6.45) is 0. The Kier molecular flexibility index (Phi) is 4.80. The molecule has 0 aliphatic heterocycles. The fourth-order valence-corrected chi connectivity index (χ4v) is 3.48. The number of benzene rings is 4. The molecule has 0 atom stereocenters. The van der Waals surface area contributed by atoms with E-state index in [1.165, 1.54) is 0 Å². The summed E-state index contributed by atoms with van der Waals surface area (Å²) in [5.41, 5.74) is 3.56. The fraction of sp³-hybridized carbons (Fsp3) is 0.0800. The summed E-state index contributed by atoms with van der Waals surface area (Å²) < 4.78 is 5.48. The molecule has 5 rings (SSSR count). The van der Waals surface area contributed by atoms with Crippen molar-refractivity contribution >= 4 is 33.4 Å². The molecule has 6 heteroatoms. The minimum atomic E-state index is -0.163. The van der Waals surface area contributed by atoms with E-state index in [4.69, 9.17) is 4.74 Å². The molecule has 0 bridgehead atoms. The highest BCUT2D eigenvalue weighted by atomic mass is 16.5. The van der Waals surface area contributed by atoms with Gasteiger partial charge in [-0.25, -0.2) is 0 Å². The Hall–Kier alpha value is -4.19. The quantitative estimate of drug-likeness (QED) is 0.433. The standard InChI is InChI=1S/C25H20N4O2/c1-2-31-22-12-10-21(11-13-22)29-27-23-14-9-20(16-24(23)28-29)26-25(30)19-8-7-17-5-3-4-6-18(17)15-19/h3-16H,2H2,1H3,(H,26,30). The van der Waals surface area contributed by atoms with Crippen LogP contribution >= 0.6 is 0 Å². The largest absolute Gasteiger partial charge is 0.494 e. The Labute approximate surface area is 179 Å². The Morgan fingerprint density at radius 2 is 1.65 bits per heavy atom. The van der Waals surface area contributed by atoms with Gasteiger partial charge in [-0.3, -0.25) is 4.79 Å². The lowest BCUT2D eigenvalue weighted by atomic mass is 10.1. The van der Waals surface area contributed by atoms with Gasteiger partial charge in [0.2, 0.25) is 0 Å². The number of carbonyl (C=O) groups is 1. The third-order valence-electron chi connectivity index (χ3n) is 5.03. The van der Waals surface area contributed by atoms with Gasteiger partial charge in [0.05, 0.1) is 12.3 Å². The van der Waals surface area contributed by atoms with Gasteiger partial charge in [0.1, 0.15) is 16.8 Å². The van der Waals surface area contributed by atoms with E-state index in [0.717, 1.165) is 27.7 Å². The van der Waals surface area contributed by atoms with Crippen LogP contribution in [0.4, 0.5) is 5.69 Å². The molecule has 0 saturated heterocycles. The van der Waals surface area contributed by atoms with Crippen molar-refractivity contribution in [2.75, 3.05) is 11.9 Å². The molecule has 0 radical (unpaired) electrons. The van der Waals surface area contributed by atoms with E-state index in [9.17, 15) is 4.79 Å². The molecule has 0 aliphatic carbocycles. The summed E-state index contributed by atoms with van der Waals surface area (Å²) >= 11 is 0. The number of hydrogen-bond acceptors (Lipinski definition) is 4. The van der Waals surface area contributed by atoms with Gasteiger partial charge in [-0.2, -0.15) is 4.80 Å². The normalized spacial score (nSPS) is 11.0. The Bertz CT molecular complexity index is 1390. The Balaban J connectivity index is 1.38. The van der Waals surface area contributed by atoms with Crippen LogP contribution in [0.25, 0.3) is 27.5 Å². The maximum Gasteiger partial charge on any atom is 0.255 e. The topological polar surface area (TPSA) is 69.0 Å². The first kappa shape index (κ1) is 18.8. The summed E-state index contributed by atoms with van der Waals surface area (Å²) in [6, 6.07) is 26.8. The van der Waals surface area contributed by atoms with Crippen LogP contribution < -0.4 is 10.1 Å². The molecule has 0 fully saturated rings. The van der Waals surface area contributed by atoms with Gasteiger partial charge in [-0.15, -0.1) is 10.2 Å². The monoisotopic (exact) mass is 408 g/mol. The zero-order chi connectivity index (χ0) is 21.2. The van der Waals surface area contributed by atoms with Gasteiger partial charge in [0.25, 0.3) is 5.91 Å². The second-order valence-corrected chi connectivity index (χ2v) is 7.14. The number of anilines is 1. The first-order valence-electron chi connectivity index (χ1n) is 10.1. The van der Waals surface area contributed by atoms with Crippen molar-refractivity contribution in [1.82, 2.24) is 15.0 Å². The second kappa shape index (κ2) is 7.91. The van der Waals surface area contributed by atoms with Gasteiger partial charge in [0, 0.05) is 11.3 Å². The molecule has 1 aromatic heterocycles. The zero-order valence-corrected chi connectivity index (χ0v) is 16.9. The zero-order valence-electron chi connectivity index (χ0n) is 16.9. The minimum absolute atomic E-state index is 0.163. The summed E-state index contributed by atoms with van der Waals surface area (Å²) in [4.78, 5) is 14.3. The van der Waals surface area contributed by atoms with Gasteiger partial charge >= 0.3 is 0 Å². The van der Waals surface area contributed by atoms with Crippen molar-refractivity contribution in [1.29, 1.82) is 0 Å². The van der Waals surface area contributed by atoms with Crippen molar-refractivity contribution in [2.24, 2.45) is 0 Å². The number of aromatic nitrogens is 3. The van der Waals surface area contributed by atoms with E-state index < -0.39 is 0 Å². The molecule has 5 aromatic rings. The SMILES string of the molecule is CCOc1ccc(-n2nc3ccc(NC(=O)c4ccc5ccccc5c4)cc3n2)cc1. The number of hydrogen-bond donors (Lipinski definition) is 1. The van der Waals surface area contributed by atoms with Crippen molar-refractivity contribution in [3.63, 3.8) is 0 Å². The molecule has 0 spiro atoms. The molecule has 152 valence electrons. The van der Waals surface area contributed by atoms with Gasteiger partial charge in [0.15, 0.2) is 0 Å². The molecule has 1 heterocycles. The number of carbonyl (C=O) groups excluding carboxylic acids is 1. The van der Waals surface area contributed by atoms with Crippen molar-refractivity contribution in [3.8, 4) is 11.4 Å². The minimum Gasteiger partial charge on any atom is -0.494 e. The van der Waals surface area contributed by atoms with Crippen molar-refractivity contribution in [3.05, 3.63) is 90.5 Å². The molecule has 1 amide bonds. The number of rotatable bonds is 5.